The Morgan fingerprint density at radius 2 is 2.09 bits per heavy atom. The summed E-state index contributed by atoms with van der Waals surface area (Å²) in [6.45, 7) is 5.27. The van der Waals surface area contributed by atoms with Crippen molar-refractivity contribution in [3.05, 3.63) is 35.4 Å². The summed E-state index contributed by atoms with van der Waals surface area (Å²) in [4.78, 5) is 22.8. The summed E-state index contributed by atoms with van der Waals surface area (Å²) in [7, 11) is 0. The van der Waals surface area contributed by atoms with Crippen LogP contribution in [0.2, 0.25) is 0 Å². The van der Waals surface area contributed by atoms with Crippen LogP contribution in [0.3, 0.4) is 0 Å². The normalized spacial score (nSPS) is 10.6. The van der Waals surface area contributed by atoms with Gasteiger partial charge >= 0.3 is 5.97 Å². The number of carbonyl (C=O) groups is 2. The number of carbonyl (C=O) groups excluding carboxylic acids is 1. The monoisotopic (exact) mass is 305 g/mol. The smallest absolute Gasteiger partial charge is 0.305 e. The highest BCUT2D eigenvalue weighted by Crippen LogP contribution is 2.07. The van der Waals surface area contributed by atoms with Gasteiger partial charge in [-0.05, 0) is 19.9 Å². The summed E-state index contributed by atoms with van der Waals surface area (Å²) < 4.78 is 3.25. The number of hydrogen-bond acceptors (Lipinski definition) is 4. The molecule has 2 N–H and O–H groups in total. The van der Waals surface area contributed by atoms with E-state index in [1.165, 1.54) is 10.9 Å². The Morgan fingerprint density at radius 3 is 2.73 bits per heavy atom. The molecule has 118 valence electrons. The predicted molar refractivity (Wildman–Crippen MR) is 78.3 cm³/mol. The first-order valence-electron chi connectivity index (χ1n) is 7.06. The molecule has 8 heteroatoms. The zero-order chi connectivity index (χ0) is 16.1. The maximum absolute atomic E-state index is 12.2. The van der Waals surface area contributed by atoms with E-state index in [9.17, 15) is 9.59 Å². The van der Waals surface area contributed by atoms with E-state index >= 15 is 0 Å². The first-order chi connectivity index (χ1) is 10.5. The van der Waals surface area contributed by atoms with Gasteiger partial charge in [0.25, 0.3) is 5.91 Å². The highest BCUT2D eigenvalue weighted by atomic mass is 16.4. The van der Waals surface area contributed by atoms with Crippen LogP contribution in [0.1, 0.15) is 35.1 Å². The van der Waals surface area contributed by atoms with Crippen molar-refractivity contribution in [3.8, 4) is 0 Å². The van der Waals surface area contributed by atoms with Gasteiger partial charge in [0.05, 0.1) is 19.2 Å². The lowest BCUT2D eigenvalue weighted by Crippen LogP contribution is -2.26. The van der Waals surface area contributed by atoms with Crippen molar-refractivity contribution in [3.63, 3.8) is 0 Å². The number of amides is 1. The van der Waals surface area contributed by atoms with E-state index in [4.69, 9.17) is 5.11 Å². The predicted octanol–water partition coefficient (Wildman–Crippen LogP) is 0.813. The molecule has 2 rings (SSSR count). The summed E-state index contributed by atoms with van der Waals surface area (Å²) in [5.41, 5.74) is 2.32. The molecule has 8 nitrogen and oxygen atoms in total. The Kier molecular flexibility index (Phi) is 4.92. The third-order valence-corrected chi connectivity index (χ3v) is 3.43. The standard InChI is InChI=1S/C14H19N5O3/c1-3-18-10(2)11(9-17-18)8-15-14(22)12-4-6-16-19(12)7-5-13(20)21/h4,6,9H,3,5,7-8H2,1-2H3,(H,15,22)(H,20,21). The summed E-state index contributed by atoms with van der Waals surface area (Å²) in [5.74, 6) is -1.21. The van der Waals surface area contributed by atoms with Crippen molar-refractivity contribution in [2.75, 3.05) is 0 Å². The molecule has 2 aromatic rings. The molecule has 0 fully saturated rings. The minimum absolute atomic E-state index is 0.0790. The number of nitrogens with one attached hydrogen (secondary N) is 1. The number of aliphatic carboxylic acids is 1. The van der Waals surface area contributed by atoms with Gasteiger partial charge in [-0.25, -0.2) is 0 Å². The van der Waals surface area contributed by atoms with Gasteiger partial charge in [-0.2, -0.15) is 10.2 Å². The Bertz CT molecular complexity index is 674. The molecule has 0 aliphatic rings. The van der Waals surface area contributed by atoms with Crippen molar-refractivity contribution in [2.24, 2.45) is 0 Å². The molecule has 0 bridgehead atoms. The van der Waals surface area contributed by atoms with Gasteiger partial charge in [0.15, 0.2) is 0 Å². The Balaban J connectivity index is 1.99. The molecule has 0 unspecified atom stereocenters. The fourth-order valence-corrected chi connectivity index (χ4v) is 2.15. The van der Waals surface area contributed by atoms with Crippen LogP contribution in [0.4, 0.5) is 0 Å². The van der Waals surface area contributed by atoms with Gasteiger partial charge in [-0.3, -0.25) is 19.0 Å². The van der Waals surface area contributed by atoms with Gasteiger partial charge in [0.1, 0.15) is 5.69 Å². The number of hydrogen-bond donors (Lipinski definition) is 2. The first-order valence-corrected chi connectivity index (χ1v) is 7.06. The molecular weight excluding hydrogens is 286 g/mol. The molecule has 0 aromatic carbocycles. The molecule has 0 atom stereocenters. The van der Waals surface area contributed by atoms with Crippen molar-refractivity contribution < 1.29 is 14.7 Å². The van der Waals surface area contributed by atoms with Gasteiger partial charge in [0.2, 0.25) is 0 Å². The Labute approximate surface area is 127 Å². The van der Waals surface area contributed by atoms with E-state index in [-0.39, 0.29) is 18.9 Å². The SMILES string of the molecule is CCn1ncc(CNC(=O)c2ccnn2CCC(=O)O)c1C. The molecule has 22 heavy (non-hydrogen) atoms. The second-order valence-electron chi connectivity index (χ2n) is 4.84. The maximum Gasteiger partial charge on any atom is 0.305 e. The fraction of sp³-hybridized carbons (Fsp3) is 0.429. The molecular formula is C14H19N5O3. The molecule has 0 aliphatic heterocycles. The molecule has 0 saturated heterocycles. The molecule has 0 aliphatic carbocycles. The highest BCUT2D eigenvalue weighted by Gasteiger charge is 2.14. The third kappa shape index (κ3) is 3.51. The van der Waals surface area contributed by atoms with Gasteiger partial charge in [-0.1, -0.05) is 0 Å². The molecule has 0 radical (unpaired) electrons. The van der Waals surface area contributed by atoms with E-state index in [2.05, 4.69) is 15.5 Å². The maximum atomic E-state index is 12.2. The van der Waals surface area contributed by atoms with Crippen LogP contribution in [0.15, 0.2) is 18.5 Å². The van der Waals surface area contributed by atoms with E-state index in [1.54, 1.807) is 12.3 Å². The highest BCUT2D eigenvalue weighted by molar-refractivity contribution is 5.92. The number of carboxylic acids is 1. The lowest BCUT2D eigenvalue weighted by Gasteiger charge is -2.07. The van der Waals surface area contributed by atoms with Crippen LogP contribution < -0.4 is 5.32 Å². The summed E-state index contributed by atoms with van der Waals surface area (Å²) in [5, 5.41) is 19.7. The van der Waals surface area contributed by atoms with Crippen LogP contribution >= 0.6 is 0 Å². The van der Waals surface area contributed by atoms with Crippen molar-refractivity contribution in [2.45, 2.75) is 39.9 Å². The lowest BCUT2D eigenvalue weighted by atomic mass is 10.2. The minimum Gasteiger partial charge on any atom is -0.481 e. The van der Waals surface area contributed by atoms with Gasteiger partial charge in [0, 0.05) is 30.5 Å². The van der Waals surface area contributed by atoms with E-state index in [0.29, 0.717) is 12.2 Å². The largest absolute Gasteiger partial charge is 0.481 e. The van der Waals surface area contributed by atoms with Crippen molar-refractivity contribution in [1.82, 2.24) is 24.9 Å². The second kappa shape index (κ2) is 6.88. The molecule has 2 heterocycles. The van der Waals surface area contributed by atoms with Crippen LogP contribution in [0.25, 0.3) is 0 Å². The van der Waals surface area contributed by atoms with E-state index in [0.717, 1.165) is 17.8 Å². The van der Waals surface area contributed by atoms with Gasteiger partial charge in [-0.15, -0.1) is 0 Å². The second-order valence-corrected chi connectivity index (χ2v) is 4.84. The quantitative estimate of drug-likeness (QED) is 0.788. The molecule has 2 aromatic heterocycles. The molecule has 0 spiro atoms. The van der Waals surface area contributed by atoms with Crippen LogP contribution in [0.5, 0.6) is 0 Å². The number of nitrogens with zero attached hydrogens (tertiary/aromatic N) is 4. The molecule has 1 amide bonds. The van der Waals surface area contributed by atoms with Crippen LogP contribution in [-0.4, -0.2) is 36.5 Å². The van der Waals surface area contributed by atoms with Crippen molar-refractivity contribution in [1.29, 1.82) is 0 Å². The zero-order valence-corrected chi connectivity index (χ0v) is 12.6. The average molecular weight is 305 g/mol. The summed E-state index contributed by atoms with van der Waals surface area (Å²) in [6, 6.07) is 1.57. The first kappa shape index (κ1) is 15.7. The van der Waals surface area contributed by atoms with E-state index in [1.807, 2.05) is 18.5 Å². The fourth-order valence-electron chi connectivity index (χ4n) is 2.15. The van der Waals surface area contributed by atoms with Crippen LogP contribution in [-0.2, 0) is 24.4 Å². The number of carboxylic acid groups (broad SMARTS) is 1. The zero-order valence-electron chi connectivity index (χ0n) is 12.6. The Hall–Kier alpha value is -2.64. The van der Waals surface area contributed by atoms with E-state index < -0.39 is 5.97 Å². The lowest BCUT2D eigenvalue weighted by molar-refractivity contribution is -0.137. The summed E-state index contributed by atoms with van der Waals surface area (Å²) >= 11 is 0. The minimum atomic E-state index is -0.926. The van der Waals surface area contributed by atoms with Gasteiger partial charge < -0.3 is 10.4 Å². The van der Waals surface area contributed by atoms with Crippen molar-refractivity contribution >= 4 is 11.9 Å². The number of rotatable bonds is 7. The Morgan fingerprint density at radius 1 is 1.32 bits per heavy atom. The topological polar surface area (TPSA) is 102 Å². The number of aromatic nitrogens is 4. The van der Waals surface area contributed by atoms with Crippen LogP contribution in [0, 0.1) is 6.92 Å². The average Bonchev–Trinajstić information content (AvgIpc) is 3.09. The molecule has 0 saturated carbocycles. The summed E-state index contributed by atoms with van der Waals surface area (Å²) in [6.07, 6.45) is 3.14. The third-order valence-electron chi connectivity index (χ3n) is 3.43. The number of aryl methyl sites for hydroxylation is 2.